The van der Waals surface area contributed by atoms with Gasteiger partial charge in [-0.3, -0.25) is 4.90 Å². The van der Waals surface area contributed by atoms with Gasteiger partial charge in [0.1, 0.15) is 5.60 Å². The Balaban J connectivity index is 1.96. The summed E-state index contributed by atoms with van der Waals surface area (Å²) < 4.78 is 0. The fourth-order valence-corrected chi connectivity index (χ4v) is 2.57. The van der Waals surface area contributed by atoms with Crippen molar-refractivity contribution in [1.29, 1.82) is 0 Å². The van der Waals surface area contributed by atoms with Crippen molar-refractivity contribution in [2.45, 2.75) is 45.8 Å². The lowest BCUT2D eigenvalue weighted by Gasteiger charge is -2.60. The molecule has 2 heterocycles. The smallest absolute Gasteiger partial charge is 0.107 e. The van der Waals surface area contributed by atoms with Crippen molar-refractivity contribution in [3.8, 4) is 0 Å². The number of hydrogen-bond donors (Lipinski definition) is 2. The molecule has 0 aromatic carbocycles. The summed E-state index contributed by atoms with van der Waals surface area (Å²) in [5, 5.41) is 13.6. The summed E-state index contributed by atoms with van der Waals surface area (Å²) in [5.41, 5.74) is -0.233. The summed E-state index contributed by atoms with van der Waals surface area (Å²) in [6.07, 6.45) is 0. The Labute approximate surface area is 99.2 Å². The number of rotatable bonds is 2. The molecule has 2 fully saturated rings. The van der Waals surface area contributed by atoms with Gasteiger partial charge in [-0.1, -0.05) is 20.8 Å². The summed E-state index contributed by atoms with van der Waals surface area (Å²) in [6, 6.07) is 0. The first-order valence-corrected chi connectivity index (χ1v) is 6.35. The van der Waals surface area contributed by atoms with E-state index in [1.165, 1.54) is 0 Å². The van der Waals surface area contributed by atoms with Gasteiger partial charge in [0, 0.05) is 31.7 Å². The predicted octanol–water partition coefficient (Wildman–Crippen LogP) is 1.08. The van der Waals surface area contributed by atoms with Gasteiger partial charge in [-0.15, -0.1) is 0 Å². The molecule has 16 heavy (non-hydrogen) atoms. The molecule has 0 amide bonds. The molecule has 0 atom stereocenters. The van der Waals surface area contributed by atoms with Crippen LogP contribution in [0, 0.1) is 11.3 Å². The van der Waals surface area contributed by atoms with E-state index in [2.05, 4.69) is 44.8 Å². The van der Waals surface area contributed by atoms with Gasteiger partial charge in [-0.2, -0.15) is 0 Å². The first-order chi connectivity index (χ1) is 7.17. The molecule has 0 aliphatic carbocycles. The van der Waals surface area contributed by atoms with Crippen molar-refractivity contribution in [2.75, 3.05) is 26.2 Å². The van der Waals surface area contributed by atoms with Crippen LogP contribution in [0.3, 0.4) is 0 Å². The molecule has 2 aliphatic rings. The molecule has 2 saturated heterocycles. The predicted molar refractivity (Wildman–Crippen MR) is 66.4 cm³/mol. The van der Waals surface area contributed by atoms with Crippen LogP contribution in [-0.4, -0.2) is 47.3 Å². The fraction of sp³-hybridized carbons (Fsp3) is 1.00. The van der Waals surface area contributed by atoms with Gasteiger partial charge in [0.15, 0.2) is 0 Å². The van der Waals surface area contributed by atoms with Crippen molar-refractivity contribution in [3.63, 3.8) is 0 Å². The van der Waals surface area contributed by atoms with Crippen LogP contribution in [0.2, 0.25) is 0 Å². The van der Waals surface area contributed by atoms with Gasteiger partial charge >= 0.3 is 0 Å². The van der Waals surface area contributed by atoms with Crippen LogP contribution >= 0.6 is 0 Å². The van der Waals surface area contributed by atoms with Crippen LogP contribution < -0.4 is 5.32 Å². The molecule has 2 N–H and O–H groups in total. The van der Waals surface area contributed by atoms with E-state index in [4.69, 9.17) is 0 Å². The topological polar surface area (TPSA) is 35.5 Å². The summed E-state index contributed by atoms with van der Waals surface area (Å²) in [4.78, 5) is 2.43. The SMILES string of the molecule is CC(C)(C)C1CN(C(C)(C)C2(O)CNC2)C1. The number of likely N-dealkylation sites (tertiary alicyclic amines) is 1. The average Bonchev–Trinajstić information content (AvgIpc) is 1.92. The molecule has 2 rings (SSSR count). The zero-order valence-electron chi connectivity index (χ0n) is 11.3. The highest BCUT2D eigenvalue weighted by molar-refractivity contribution is 5.12. The van der Waals surface area contributed by atoms with Crippen molar-refractivity contribution in [1.82, 2.24) is 10.2 Å². The molecular formula is C13H26N2O. The Morgan fingerprint density at radius 3 is 1.94 bits per heavy atom. The maximum absolute atomic E-state index is 10.5. The fourth-order valence-electron chi connectivity index (χ4n) is 2.57. The van der Waals surface area contributed by atoms with E-state index < -0.39 is 5.60 Å². The Morgan fingerprint density at radius 2 is 1.62 bits per heavy atom. The summed E-state index contributed by atoms with van der Waals surface area (Å²) in [5.74, 6) is 0.767. The van der Waals surface area contributed by atoms with Crippen LogP contribution in [0.25, 0.3) is 0 Å². The molecule has 0 radical (unpaired) electrons. The molecule has 0 aromatic heterocycles. The third kappa shape index (κ3) is 1.69. The molecular weight excluding hydrogens is 200 g/mol. The first-order valence-electron chi connectivity index (χ1n) is 6.35. The summed E-state index contributed by atoms with van der Waals surface area (Å²) >= 11 is 0. The number of nitrogens with zero attached hydrogens (tertiary/aromatic N) is 1. The van der Waals surface area contributed by atoms with Crippen molar-refractivity contribution < 1.29 is 5.11 Å². The zero-order valence-corrected chi connectivity index (χ0v) is 11.3. The molecule has 0 saturated carbocycles. The minimum Gasteiger partial charge on any atom is -0.385 e. The van der Waals surface area contributed by atoms with E-state index >= 15 is 0 Å². The average molecular weight is 226 g/mol. The minimum atomic E-state index is -0.532. The second-order valence-corrected chi connectivity index (χ2v) is 7.16. The van der Waals surface area contributed by atoms with Crippen LogP contribution in [-0.2, 0) is 0 Å². The number of aliphatic hydroxyl groups is 1. The van der Waals surface area contributed by atoms with Crippen LogP contribution in [0.15, 0.2) is 0 Å². The van der Waals surface area contributed by atoms with Crippen LogP contribution in [0.1, 0.15) is 34.6 Å². The van der Waals surface area contributed by atoms with E-state index in [0.29, 0.717) is 5.41 Å². The second-order valence-electron chi connectivity index (χ2n) is 7.16. The van der Waals surface area contributed by atoms with Crippen LogP contribution in [0.5, 0.6) is 0 Å². The lowest BCUT2D eigenvalue weighted by Crippen LogP contribution is -2.77. The lowest BCUT2D eigenvalue weighted by atomic mass is 9.69. The van der Waals surface area contributed by atoms with E-state index in [-0.39, 0.29) is 5.54 Å². The standard InChI is InChI=1S/C13H26N2O/c1-11(2,3)10-6-15(7-10)12(4,5)13(16)8-14-9-13/h10,14,16H,6-9H2,1-5H3. The van der Waals surface area contributed by atoms with Gasteiger partial charge in [0.2, 0.25) is 0 Å². The molecule has 2 aliphatic heterocycles. The van der Waals surface area contributed by atoms with Gasteiger partial charge in [-0.05, 0) is 25.2 Å². The zero-order chi connectivity index (χ0) is 12.2. The highest BCUT2D eigenvalue weighted by Crippen LogP contribution is 2.41. The molecule has 0 aromatic rings. The Kier molecular flexibility index (Phi) is 2.65. The third-order valence-electron chi connectivity index (χ3n) is 4.87. The first kappa shape index (κ1) is 12.3. The minimum absolute atomic E-state index is 0.0972. The molecule has 0 spiro atoms. The molecule has 0 unspecified atom stereocenters. The lowest BCUT2D eigenvalue weighted by molar-refractivity contribution is -0.165. The highest BCUT2D eigenvalue weighted by Gasteiger charge is 2.54. The maximum atomic E-state index is 10.5. The number of β-amino-alcohol motifs (C(OH)–C–C–N with tert-alkyl or cyclic N) is 1. The number of hydrogen-bond acceptors (Lipinski definition) is 3. The molecule has 3 heteroatoms. The normalized spacial score (nSPS) is 27.4. The van der Waals surface area contributed by atoms with E-state index in [1.54, 1.807) is 0 Å². The number of nitrogens with one attached hydrogen (secondary N) is 1. The van der Waals surface area contributed by atoms with Crippen molar-refractivity contribution in [3.05, 3.63) is 0 Å². The monoisotopic (exact) mass is 226 g/mol. The van der Waals surface area contributed by atoms with E-state index in [9.17, 15) is 5.11 Å². The second kappa shape index (κ2) is 3.44. The van der Waals surface area contributed by atoms with E-state index in [1.807, 2.05) is 0 Å². The van der Waals surface area contributed by atoms with Gasteiger partial charge < -0.3 is 10.4 Å². The Bertz CT molecular complexity index is 270. The highest BCUT2D eigenvalue weighted by atomic mass is 16.3. The van der Waals surface area contributed by atoms with Gasteiger partial charge in [-0.25, -0.2) is 0 Å². The molecule has 0 bridgehead atoms. The Hall–Kier alpha value is -0.120. The quantitative estimate of drug-likeness (QED) is 0.739. The Morgan fingerprint density at radius 1 is 1.12 bits per heavy atom. The van der Waals surface area contributed by atoms with Crippen LogP contribution in [0.4, 0.5) is 0 Å². The maximum Gasteiger partial charge on any atom is 0.107 e. The molecule has 3 nitrogen and oxygen atoms in total. The largest absolute Gasteiger partial charge is 0.385 e. The molecule has 94 valence electrons. The van der Waals surface area contributed by atoms with Gasteiger partial charge in [0.05, 0.1) is 0 Å². The van der Waals surface area contributed by atoms with Crippen molar-refractivity contribution >= 4 is 0 Å². The van der Waals surface area contributed by atoms with Crippen molar-refractivity contribution in [2.24, 2.45) is 11.3 Å². The van der Waals surface area contributed by atoms with E-state index in [0.717, 1.165) is 32.1 Å². The third-order valence-corrected chi connectivity index (χ3v) is 4.87. The summed E-state index contributed by atoms with van der Waals surface area (Å²) in [7, 11) is 0. The summed E-state index contributed by atoms with van der Waals surface area (Å²) in [6.45, 7) is 15.0. The van der Waals surface area contributed by atoms with Gasteiger partial charge in [0.25, 0.3) is 0 Å².